The fourth-order valence-corrected chi connectivity index (χ4v) is 2.35. The van der Waals surface area contributed by atoms with Crippen LogP contribution in [0.2, 0.25) is 0 Å². The van der Waals surface area contributed by atoms with Gasteiger partial charge in [-0.15, -0.1) is 0 Å². The van der Waals surface area contributed by atoms with Gasteiger partial charge in [-0.1, -0.05) is 31.9 Å². The van der Waals surface area contributed by atoms with Gasteiger partial charge < -0.3 is 0 Å². The van der Waals surface area contributed by atoms with Gasteiger partial charge in [0.2, 0.25) is 0 Å². The molecule has 0 saturated heterocycles. The number of allylic oxidation sites excluding steroid dienone is 2. The minimum absolute atomic E-state index is 0.906. The van der Waals surface area contributed by atoms with Gasteiger partial charge in [0.15, 0.2) is 0 Å². The molecular formula is C12H22. The summed E-state index contributed by atoms with van der Waals surface area (Å²) in [6.45, 7) is 4.44. The highest BCUT2D eigenvalue weighted by Crippen LogP contribution is 2.31. The fourth-order valence-electron chi connectivity index (χ4n) is 2.35. The largest absolute Gasteiger partial charge is 0.0914 e. The van der Waals surface area contributed by atoms with E-state index in [9.17, 15) is 0 Å². The standard InChI is InChI=1S/C12H22/c1-3-5-11-7-9-12(6-4-2)10-8-11/h3,5,11-12H,4,6-10H2,1-2H3/b5-3-. The Kier molecular flexibility index (Phi) is 4.42. The molecule has 0 nitrogen and oxygen atoms in total. The summed E-state index contributed by atoms with van der Waals surface area (Å²) in [6, 6.07) is 0. The molecule has 1 saturated carbocycles. The van der Waals surface area contributed by atoms with Crippen molar-refractivity contribution in [3.8, 4) is 0 Å². The normalized spacial score (nSPS) is 31.2. The van der Waals surface area contributed by atoms with Crippen LogP contribution < -0.4 is 0 Å². The van der Waals surface area contributed by atoms with Crippen molar-refractivity contribution in [2.75, 3.05) is 0 Å². The lowest BCUT2D eigenvalue weighted by Crippen LogP contribution is -2.12. The molecule has 0 amide bonds. The molecule has 0 spiro atoms. The summed E-state index contributed by atoms with van der Waals surface area (Å²) >= 11 is 0. The SMILES string of the molecule is C/C=C\C1CCC(CCC)CC1. The lowest BCUT2D eigenvalue weighted by molar-refractivity contribution is 0.294. The topological polar surface area (TPSA) is 0 Å². The van der Waals surface area contributed by atoms with E-state index in [-0.39, 0.29) is 0 Å². The molecule has 0 unspecified atom stereocenters. The lowest BCUT2D eigenvalue weighted by atomic mass is 9.80. The highest BCUT2D eigenvalue weighted by molar-refractivity contribution is 4.88. The first-order valence-electron chi connectivity index (χ1n) is 5.49. The monoisotopic (exact) mass is 166 g/mol. The summed E-state index contributed by atoms with van der Waals surface area (Å²) in [5.41, 5.74) is 0. The summed E-state index contributed by atoms with van der Waals surface area (Å²) in [5.74, 6) is 1.96. The van der Waals surface area contributed by atoms with Crippen molar-refractivity contribution in [1.82, 2.24) is 0 Å². The van der Waals surface area contributed by atoms with E-state index < -0.39 is 0 Å². The van der Waals surface area contributed by atoms with Crippen LogP contribution in [-0.4, -0.2) is 0 Å². The third-order valence-electron chi connectivity index (χ3n) is 3.05. The van der Waals surface area contributed by atoms with E-state index >= 15 is 0 Å². The van der Waals surface area contributed by atoms with Gasteiger partial charge >= 0.3 is 0 Å². The predicted molar refractivity (Wildman–Crippen MR) is 55.2 cm³/mol. The van der Waals surface area contributed by atoms with Crippen molar-refractivity contribution < 1.29 is 0 Å². The van der Waals surface area contributed by atoms with Crippen LogP contribution in [0.3, 0.4) is 0 Å². The third kappa shape index (κ3) is 3.00. The fraction of sp³-hybridized carbons (Fsp3) is 0.833. The van der Waals surface area contributed by atoms with Crippen LogP contribution in [-0.2, 0) is 0 Å². The Labute approximate surface area is 77.1 Å². The molecule has 0 heteroatoms. The van der Waals surface area contributed by atoms with Crippen LogP contribution in [0.25, 0.3) is 0 Å². The zero-order valence-corrected chi connectivity index (χ0v) is 8.55. The summed E-state index contributed by atoms with van der Waals surface area (Å²) in [7, 11) is 0. The van der Waals surface area contributed by atoms with Crippen LogP contribution in [0, 0.1) is 11.8 Å². The van der Waals surface area contributed by atoms with Gasteiger partial charge in [0, 0.05) is 0 Å². The molecule has 0 N–H and O–H groups in total. The second-order valence-electron chi connectivity index (χ2n) is 4.10. The molecule has 1 aliphatic rings. The maximum absolute atomic E-state index is 2.39. The van der Waals surface area contributed by atoms with E-state index in [1.807, 2.05) is 0 Å². The molecular weight excluding hydrogens is 144 g/mol. The van der Waals surface area contributed by atoms with Gasteiger partial charge in [0.05, 0.1) is 0 Å². The molecule has 1 fully saturated rings. The van der Waals surface area contributed by atoms with E-state index in [0.29, 0.717) is 0 Å². The highest BCUT2D eigenvalue weighted by Gasteiger charge is 2.17. The van der Waals surface area contributed by atoms with Gasteiger partial charge in [0.25, 0.3) is 0 Å². The summed E-state index contributed by atoms with van der Waals surface area (Å²) in [6.07, 6.45) is 13.3. The van der Waals surface area contributed by atoms with E-state index in [1.165, 1.54) is 38.5 Å². The Hall–Kier alpha value is -0.260. The van der Waals surface area contributed by atoms with Gasteiger partial charge in [-0.3, -0.25) is 0 Å². The molecule has 0 aliphatic heterocycles. The Morgan fingerprint density at radius 3 is 2.33 bits per heavy atom. The average Bonchev–Trinajstić information content (AvgIpc) is 2.09. The first-order valence-corrected chi connectivity index (χ1v) is 5.49. The van der Waals surface area contributed by atoms with E-state index in [4.69, 9.17) is 0 Å². The third-order valence-corrected chi connectivity index (χ3v) is 3.05. The first-order chi connectivity index (χ1) is 5.86. The van der Waals surface area contributed by atoms with E-state index in [0.717, 1.165) is 11.8 Å². The predicted octanol–water partition coefficient (Wildman–Crippen LogP) is 4.17. The number of hydrogen-bond donors (Lipinski definition) is 0. The van der Waals surface area contributed by atoms with Gasteiger partial charge in [-0.2, -0.15) is 0 Å². The van der Waals surface area contributed by atoms with E-state index in [1.54, 1.807) is 0 Å². The average molecular weight is 166 g/mol. The zero-order valence-electron chi connectivity index (χ0n) is 8.55. The Balaban J connectivity index is 2.20. The van der Waals surface area contributed by atoms with Crippen LogP contribution in [0.15, 0.2) is 12.2 Å². The minimum Gasteiger partial charge on any atom is -0.0914 e. The molecule has 1 rings (SSSR count). The maximum atomic E-state index is 2.39. The van der Waals surface area contributed by atoms with Crippen LogP contribution in [0.4, 0.5) is 0 Å². The highest BCUT2D eigenvalue weighted by atomic mass is 14.2. The molecule has 1 aliphatic carbocycles. The second-order valence-corrected chi connectivity index (χ2v) is 4.10. The first kappa shape index (κ1) is 9.83. The maximum Gasteiger partial charge on any atom is -0.0233 e. The molecule has 0 atom stereocenters. The van der Waals surface area contributed by atoms with Gasteiger partial charge in [-0.05, 0) is 44.4 Å². The van der Waals surface area contributed by atoms with Crippen LogP contribution >= 0.6 is 0 Å². The number of rotatable bonds is 3. The van der Waals surface area contributed by atoms with Crippen molar-refractivity contribution in [1.29, 1.82) is 0 Å². The Morgan fingerprint density at radius 1 is 1.17 bits per heavy atom. The minimum atomic E-state index is 0.906. The number of hydrogen-bond acceptors (Lipinski definition) is 0. The van der Waals surface area contributed by atoms with Crippen LogP contribution in [0.1, 0.15) is 52.4 Å². The zero-order chi connectivity index (χ0) is 8.81. The summed E-state index contributed by atoms with van der Waals surface area (Å²) < 4.78 is 0. The molecule has 0 bridgehead atoms. The van der Waals surface area contributed by atoms with Crippen molar-refractivity contribution in [3.05, 3.63) is 12.2 Å². The molecule has 0 radical (unpaired) electrons. The lowest BCUT2D eigenvalue weighted by Gasteiger charge is -2.26. The van der Waals surface area contributed by atoms with E-state index in [2.05, 4.69) is 26.0 Å². The summed E-state index contributed by atoms with van der Waals surface area (Å²) in [5, 5.41) is 0. The van der Waals surface area contributed by atoms with Crippen molar-refractivity contribution in [2.24, 2.45) is 11.8 Å². The molecule has 12 heavy (non-hydrogen) atoms. The van der Waals surface area contributed by atoms with Gasteiger partial charge in [0.1, 0.15) is 0 Å². The van der Waals surface area contributed by atoms with Crippen molar-refractivity contribution in [3.63, 3.8) is 0 Å². The molecule has 0 heterocycles. The van der Waals surface area contributed by atoms with Crippen LogP contribution in [0.5, 0.6) is 0 Å². The Morgan fingerprint density at radius 2 is 1.83 bits per heavy atom. The molecule has 0 aromatic carbocycles. The van der Waals surface area contributed by atoms with Crippen molar-refractivity contribution in [2.45, 2.75) is 52.4 Å². The van der Waals surface area contributed by atoms with Crippen molar-refractivity contribution >= 4 is 0 Å². The molecule has 70 valence electrons. The van der Waals surface area contributed by atoms with Gasteiger partial charge in [-0.25, -0.2) is 0 Å². The Bertz CT molecular complexity index is 127. The molecule has 0 aromatic heterocycles. The summed E-state index contributed by atoms with van der Waals surface area (Å²) in [4.78, 5) is 0. The molecule has 0 aromatic rings. The smallest absolute Gasteiger partial charge is 0.0233 e. The second kappa shape index (κ2) is 5.40. The quantitative estimate of drug-likeness (QED) is 0.552.